The summed E-state index contributed by atoms with van der Waals surface area (Å²) in [7, 11) is 0. The number of hydrogen-bond donors (Lipinski definition) is 2. The van der Waals surface area contributed by atoms with Crippen LogP contribution in [0.4, 0.5) is 25.4 Å². The van der Waals surface area contributed by atoms with E-state index in [1.807, 2.05) is 44.2 Å². The third kappa shape index (κ3) is 8.98. The van der Waals surface area contributed by atoms with Crippen LogP contribution in [0.2, 0.25) is 0 Å². The molecule has 10 nitrogen and oxygen atoms in total. The minimum absolute atomic E-state index is 0.00326. The fourth-order valence-corrected chi connectivity index (χ4v) is 4.75. The average Bonchev–Trinajstić information content (AvgIpc) is 3.26. The second-order valence-corrected chi connectivity index (χ2v) is 12.7. The molecule has 43 heavy (non-hydrogen) atoms. The summed E-state index contributed by atoms with van der Waals surface area (Å²) < 4.78 is 33.2. The molecule has 2 amide bonds. The first-order valence-electron chi connectivity index (χ1n) is 14.5. The molecule has 0 saturated heterocycles. The highest BCUT2D eigenvalue weighted by Crippen LogP contribution is 2.43. The number of carboxylic acid groups (broad SMARTS) is 1. The van der Waals surface area contributed by atoms with E-state index >= 15 is 4.39 Å². The summed E-state index contributed by atoms with van der Waals surface area (Å²) in [4.78, 5) is 40.7. The van der Waals surface area contributed by atoms with Gasteiger partial charge in [0, 0.05) is 30.6 Å². The van der Waals surface area contributed by atoms with Gasteiger partial charge in [0.05, 0.1) is 11.7 Å². The van der Waals surface area contributed by atoms with E-state index in [2.05, 4.69) is 5.32 Å². The zero-order chi connectivity index (χ0) is 32.1. The number of halogens is 1. The molecule has 0 spiro atoms. The number of fused-ring (bicyclic) bond motifs is 1. The number of hydrogen-bond acceptors (Lipinski definition) is 7. The van der Waals surface area contributed by atoms with Gasteiger partial charge in [0.25, 0.3) is 0 Å². The van der Waals surface area contributed by atoms with Crippen LogP contribution in [0.15, 0.2) is 36.4 Å². The SMILES string of the molecule is CC[C@@H](C)N(C[C@H]1Cc2c(cc(OCc3ccccc3)c(NCC(=O)OC(C)(C)C)c2F)N1C(=O)O)C(=O)OC(C)(C)C. The van der Waals surface area contributed by atoms with Crippen LogP contribution in [0.25, 0.3) is 0 Å². The Balaban J connectivity index is 2.00. The standard InChI is InChI=1S/C32H44FN3O7/c1-9-20(2)35(30(40)43-32(6,7)8)18-22-15-23-24(36(22)29(38)39)16-25(41-19-21-13-11-10-12-14-21)28(27(23)33)34-17-26(37)42-31(3,4)5/h10-14,16,20,22,34H,9,15,17-19H2,1-8H3,(H,38,39)/t20-,22-/m1/s1. The van der Waals surface area contributed by atoms with Gasteiger partial charge in [-0.15, -0.1) is 0 Å². The molecule has 2 aromatic rings. The van der Waals surface area contributed by atoms with E-state index in [9.17, 15) is 19.5 Å². The maximum atomic E-state index is 16.3. The number of carbonyl (C=O) groups excluding carboxylic acids is 2. The first-order valence-corrected chi connectivity index (χ1v) is 14.5. The van der Waals surface area contributed by atoms with Gasteiger partial charge in [0.1, 0.15) is 35.8 Å². The molecule has 1 aliphatic rings. The third-order valence-electron chi connectivity index (χ3n) is 6.80. The monoisotopic (exact) mass is 601 g/mol. The Morgan fingerprint density at radius 2 is 1.72 bits per heavy atom. The minimum Gasteiger partial charge on any atom is -0.487 e. The Labute approximate surface area is 253 Å². The van der Waals surface area contributed by atoms with Crippen LogP contribution in [-0.4, -0.2) is 64.5 Å². The van der Waals surface area contributed by atoms with E-state index < -0.39 is 41.2 Å². The molecule has 1 aliphatic heterocycles. The Morgan fingerprint density at radius 3 is 2.28 bits per heavy atom. The molecule has 0 fully saturated rings. The van der Waals surface area contributed by atoms with Crippen LogP contribution in [0, 0.1) is 5.82 Å². The third-order valence-corrected chi connectivity index (χ3v) is 6.80. The summed E-state index contributed by atoms with van der Waals surface area (Å²) in [5.41, 5.74) is -0.478. The molecule has 2 atom stereocenters. The van der Waals surface area contributed by atoms with E-state index in [0.29, 0.717) is 6.42 Å². The summed E-state index contributed by atoms with van der Waals surface area (Å²) >= 11 is 0. The van der Waals surface area contributed by atoms with Crippen molar-refractivity contribution >= 4 is 29.5 Å². The predicted molar refractivity (Wildman–Crippen MR) is 162 cm³/mol. The number of nitrogens with one attached hydrogen (secondary N) is 1. The van der Waals surface area contributed by atoms with Crippen molar-refractivity contribution in [2.75, 3.05) is 23.3 Å². The molecule has 2 N–H and O–H groups in total. The number of amides is 2. The van der Waals surface area contributed by atoms with Crippen molar-refractivity contribution < 1.29 is 38.1 Å². The maximum Gasteiger partial charge on any atom is 0.412 e. The smallest absolute Gasteiger partial charge is 0.412 e. The highest BCUT2D eigenvalue weighted by atomic mass is 19.1. The second-order valence-electron chi connectivity index (χ2n) is 12.7. The van der Waals surface area contributed by atoms with Crippen molar-refractivity contribution in [3.05, 3.63) is 53.3 Å². The van der Waals surface area contributed by atoms with Gasteiger partial charge in [-0.25, -0.2) is 14.0 Å². The average molecular weight is 602 g/mol. The molecule has 0 radical (unpaired) electrons. The lowest BCUT2D eigenvalue weighted by atomic mass is 10.1. The Hall–Kier alpha value is -4.02. The first-order chi connectivity index (χ1) is 20.0. The van der Waals surface area contributed by atoms with E-state index in [4.69, 9.17) is 14.2 Å². The van der Waals surface area contributed by atoms with Crippen molar-refractivity contribution in [3.8, 4) is 5.75 Å². The van der Waals surface area contributed by atoms with Gasteiger partial charge in [0.15, 0.2) is 5.82 Å². The lowest BCUT2D eigenvalue weighted by molar-refractivity contribution is -0.152. The van der Waals surface area contributed by atoms with Crippen LogP contribution in [0.3, 0.4) is 0 Å². The summed E-state index contributed by atoms with van der Waals surface area (Å²) in [6.07, 6.45) is -1.25. The van der Waals surface area contributed by atoms with Crippen molar-refractivity contribution in [1.29, 1.82) is 0 Å². The van der Waals surface area contributed by atoms with Crippen LogP contribution in [0.5, 0.6) is 5.75 Å². The molecule has 0 aliphatic carbocycles. The molecular formula is C32H44FN3O7. The Morgan fingerprint density at radius 1 is 1.09 bits per heavy atom. The van der Waals surface area contributed by atoms with Gasteiger partial charge in [-0.3, -0.25) is 9.69 Å². The lowest BCUT2D eigenvalue weighted by Crippen LogP contribution is -2.50. The number of nitrogens with zero attached hydrogens (tertiary/aromatic N) is 2. The molecule has 1 heterocycles. The van der Waals surface area contributed by atoms with E-state index in [1.54, 1.807) is 41.5 Å². The van der Waals surface area contributed by atoms with Crippen LogP contribution in [0.1, 0.15) is 72.9 Å². The summed E-state index contributed by atoms with van der Waals surface area (Å²) in [6.45, 7) is 14.0. The predicted octanol–water partition coefficient (Wildman–Crippen LogP) is 6.60. The fourth-order valence-electron chi connectivity index (χ4n) is 4.75. The summed E-state index contributed by atoms with van der Waals surface area (Å²) in [6, 6.07) is 9.66. The van der Waals surface area contributed by atoms with Crippen LogP contribution >= 0.6 is 0 Å². The number of esters is 1. The Kier molecular flexibility index (Phi) is 10.5. The molecule has 3 rings (SSSR count). The van der Waals surface area contributed by atoms with Crippen LogP contribution in [-0.2, 0) is 27.3 Å². The molecule has 236 valence electrons. The lowest BCUT2D eigenvalue weighted by Gasteiger charge is -2.34. The summed E-state index contributed by atoms with van der Waals surface area (Å²) in [5.74, 6) is -1.28. The zero-order valence-corrected chi connectivity index (χ0v) is 26.3. The van der Waals surface area contributed by atoms with Crippen molar-refractivity contribution in [2.45, 2.75) is 98.1 Å². The topological polar surface area (TPSA) is 118 Å². The van der Waals surface area contributed by atoms with Gasteiger partial charge in [0.2, 0.25) is 0 Å². The molecule has 0 bridgehead atoms. The molecular weight excluding hydrogens is 557 g/mol. The van der Waals surface area contributed by atoms with Gasteiger partial charge in [-0.2, -0.15) is 0 Å². The fraction of sp³-hybridized carbons (Fsp3) is 0.531. The zero-order valence-electron chi connectivity index (χ0n) is 26.3. The quantitative estimate of drug-likeness (QED) is 0.293. The van der Waals surface area contributed by atoms with Crippen molar-refractivity contribution in [1.82, 2.24) is 4.90 Å². The second kappa shape index (κ2) is 13.5. The Bertz CT molecular complexity index is 1300. The minimum atomic E-state index is -1.29. The van der Waals surface area contributed by atoms with Gasteiger partial charge < -0.3 is 29.5 Å². The van der Waals surface area contributed by atoms with Crippen molar-refractivity contribution in [2.24, 2.45) is 0 Å². The molecule has 0 unspecified atom stereocenters. The van der Waals surface area contributed by atoms with Gasteiger partial charge in [-0.05, 0) is 60.5 Å². The molecule has 0 saturated carbocycles. The number of anilines is 2. The largest absolute Gasteiger partial charge is 0.487 e. The molecule has 0 aromatic heterocycles. The van der Waals surface area contributed by atoms with E-state index in [-0.39, 0.29) is 54.8 Å². The van der Waals surface area contributed by atoms with Crippen molar-refractivity contribution in [3.63, 3.8) is 0 Å². The molecule has 2 aromatic carbocycles. The maximum absolute atomic E-state index is 16.3. The number of benzene rings is 2. The normalized spacial score (nSPS) is 15.4. The van der Waals surface area contributed by atoms with Crippen LogP contribution < -0.4 is 15.0 Å². The van der Waals surface area contributed by atoms with Gasteiger partial charge in [-0.1, -0.05) is 37.3 Å². The highest BCUT2D eigenvalue weighted by Gasteiger charge is 2.41. The highest BCUT2D eigenvalue weighted by molar-refractivity contribution is 5.92. The summed E-state index contributed by atoms with van der Waals surface area (Å²) in [5, 5.41) is 13.1. The van der Waals surface area contributed by atoms with Gasteiger partial charge >= 0.3 is 18.2 Å². The number of carbonyl (C=O) groups is 3. The van der Waals surface area contributed by atoms with E-state index in [1.165, 1.54) is 11.0 Å². The molecule has 11 heteroatoms. The number of rotatable bonds is 10. The first kappa shape index (κ1) is 33.5. The number of ether oxygens (including phenoxy) is 3. The van der Waals surface area contributed by atoms with E-state index in [0.717, 1.165) is 10.5 Å².